The normalized spacial score (nSPS) is 11.3. The number of hydrogen-bond acceptors (Lipinski definition) is 3. The quantitative estimate of drug-likeness (QED) is 0.785. The van der Waals surface area contributed by atoms with Gasteiger partial charge in [-0.1, -0.05) is 36.4 Å². The second-order valence-corrected chi connectivity index (χ2v) is 5.31. The maximum absolute atomic E-state index is 13.5. The average Bonchev–Trinajstić information content (AvgIpc) is 3.05. The van der Waals surface area contributed by atoms with Crippen molar-refractivity contribution in [2.75, 3.05) is 0 Å². The summed E-state index contributed by atoms with van der Waals surface area (Å²) in [7, 11) is 0. The van der Waals surface area contributed by atoms with Crippen LogP contribution in [0, 0.1) is 11.3 Å². The summed E-state index contributed by atoms with van der Waals surface area (Å²) < 4.78 is 41.6. The number of nitrogens with zero attached hydrogens (tertiary/aromatic N) is 3. The molecule has 2 N–H and O–H groups in total. The van der Waals surface area contributed by atoms with Gasteiger partial charge in [0.25, 0.3) is 0 Å². The Bertz CT molecular complexity index is 937. The fourth-order valence-electron chi connectivity index (χ4n) is 2.66. The van der Waals surface area contributed by atoms with Crippen LogP contribution in [0.5, 0.6) is 0 Å². The highest BCUT2D eigenvalue weighted by Gasteiger charge is 2.37. The van der Waals surface area contributed by atoms with Crippen LogP contribution < -0.4 is 5.73 Å². The van der Waals surface area contributed by atoms with Gasteiger partial charge in [0.2, 0.25) is 0 Å². The number of nitrogens with two attached hydrogens (primary N) is 1. The summed E-state index contributed by atoms with van der Waals surface area (Å²) in [6.45, 7) is 0.0799. The Morgan fingerprint density at radius 2 is 1.80 bits per heavy atom. The topological polar surface area (TPSA) is 67.6 Å². The number of benzene rings is 2. The van der Waals surface area contributed by atoms with Gasteiger partial charge in [0.05, 0.1) is 28.6 Å². The third kappa shape index (κ3) is 3.12. The molecule has 3 rings (SSSR count). The third-order valence-electron chi connectivity index (χ3n) is 3.76. The van der Waals surface area contributed by atoms with Crippen molar-refractivity contribution in [2.24, 2.45) is 5.73 Å². The van der Waals surface area contributed by atoms with E-state index in [0.29, 0.717) is 11.3 Å². The van der Waals surface area contributed by atoms with E-state index in [1.54, 1.807) is 6.07 Å². The van der Waals surface area contributed by atoms with Crippen molar-refractivity contribution >= 4 is 0 Å². The monoisotopic (exact) mass is 342 g/mol. The standard InChI is InChI=1S/C18H13F3N4/c19-18(20,21)17-13(9-22)7-4-8-16(17)25-11-14(15(10-23)24-25)12-5-2-1-3-6-12/h1-8,11H,10,23H2. The first kappa shape index (κ1) is 16.7. The second-order valence-electron chi connectivity index (χ2n) is 5.31. The van der Waals surface area contributed by atoms with Crippen molar-refractivity contribution in [3.63, 3.8) is 0 Å². The first-order chi connectivity index (χ1) is 12.0. The van der Waals surface area contributed by atoms with Gasteiger partial charge in [-0.25, -0.2) is 4.68 Å². The molecule has 126 valence electrons. The van der Waals surface area contributed by atoms with Crippen molar-refractivity contribution < 1.29 is 13.2 Å². The van der Waals surface area contributed by atoms with Gasteiger partial charge in [0, 0.05) is 18.3 Å². The first-order valence-electron chi connectivity index (χ1n) is 7.40. The number of hydrogen-bond donors (Lipinski definition) is 1. The zero-order chi connectivity index (χ0) is 18.0. The van der Waals surface area contributed by atoms with Crippen LogP contribution in [0.2, 0.25) is 0 Å². The molecular weight excluding hydrogens is 329 g/mol. The molecule has 0 amide bonds. The van der Waals surface area contributed by atoms with Crippen LogP contribution in [-0.4, -0.2) is 9.78 Å². The van der Waals surface area contributed by atoms with Crippen LogP contribution in [0.3, 0.4) is 0 Å². The molecule has 1 heterocycles. The Morgan fingerprint density at radius 3 is 2.40 bits per heavy atom. The predicted molar refractivity (Wildman–Crippen MR) is 86.6 cm³/mol. The maximum atomic E-state index is 13.5. The van der Waals surface area contributed by atoms with E-state index < -0.39 is 17.3 Å². The second kappa shape index (κ2) is 6.42. The fraction of sp³-hybridized carbons (Fsp3) is 0.111. The zero-order valence-electron chi connectivity index (χ0n) is 13.0. The van der Waals surface area contributed by atoms with Gasteiger partial charge in [-0.3, -0.25) is 0 Å². The fourth-order valence-corrected chi connectivity index (χ4v) is 2.66. The summed E-state index contributed by atoms with van der Waals surface area (Å²) in [5.74, 6) is 0. The molecule has 0 radical (unpaired) electrons. The molecule has 0 fully saturated rings. The van der Waals surface area contributed by atoms with Gasteiger partial charge >= 0.3 is 6.18 Å². The number of halogens is 3. The van der Waals surface area contributed by atoms with E-state index >= 15 is 0 Å². The Hall–Kier alpha value is -3.11. The molecule has 1 aromatic heterocycles. The van der Waals surface area contributed by atoms with Gasteiger partial charge in [0.1, 0.15) is 0 Å². The highest BCUT2D eigenvalue weighted by Crippen LogP contribution is 2.37. The lowest BCUT2D eigenvalue weighted by Gasteiger charge is -2.14. The number of aromatic nitrogens is 2. The Kier molecular flexibility index (Phi) is 4.30. The maximum Gasteiger partial charge on any atom is 0.419 e. The number of alkyl halides is 3. The lowest BCUT2D eigenvalue weighted by molar-refractivity contribution is -0.137. The third-order valence-corrected chi connectivity index (χ3v) is 3.76. The number of rotatable bonds is 3. The van der Waals surface area contributed by atoms with Gasteiger partial charge in [-0.15, -0.1) is 0 Å². The van der Waals surface area contributed by atoms with Gasteiger partial charge < -0.3 is 5.73 Å². The Morgan fingerprint density at radius 1 is 1.08 bits per heavy atom. The van der Waals surface area contributed by atoms with Crippen LogP contribution in [0.25, 0.3) is 16.8 Å². The minimum absolute atomic E-state index is 0.0799. The van der Waals surface area contributed by atoms with Crippen LogP contribution in [0.4, 0.5) is 13.2 Å². The molecule has 4 nitrogen and oxygen atoms in total. The van der Waals surface area contributed by atoms with E-state index in [4.69, 9.17) is 11.0 Å². The lowest BCUT2D eigenvalue weighted by atomic mass is 10.1. The molecule has 0 atom stereocenters. The first-order valence-corrected chi connectivity index (χ1v) is 7.40. The Balaban J connectivity index is 2.23. The molecule has 2 aromatic carbocycles. The van der Waals surface area contributed by atoms with Gasteiger partial charge in [-0.2, -0.15) is 23.5 Å². The van der Waals surface area contributed by atoms with Gasteiger partial charge in [-0.05, 0) is 17.7 Å². The molecule has 7 heteroatoms. The van der Waals surface area contributed by atoms with E-state index in [1.807, 2.05) is 30.3 Å². The SMILES string of the molecule is N#Cc1cccc(-n2cc(-c3ccccc3)c(CN)n2)c1C(F)(F)F. The predicted octanol–water partition coefficient (Wildman–Crippen LogP) is 3.89. The van der Waals surface area contributed by atoms with E-state index in [2.05, 4.69) is 5.10 Å². The van der Waals surface area contributed by atoms with Crippen molar-refractivity contribution in [1.82, 2.24) is 9.78 Å². The van der Waals surface area contributed by atoms with E-state index in [9.17, 15) is 13.2 Å². The molecule has 0 saturated heterocycles. The molecule has 25 heavy (non-hydrogen) atoms. The minimum Gasteiger partial charge on any atom is -0.325 e. The number of nitriles is 1. The van der Waals surface area contributed by atoms with Gasteiger partial charge in [0.15, 0.2) is 0 Å². The van der Waals surface area contributed by atoms with Crippen LogP contribution in [-0.2, 0) is 12.7 Å². The summed E-state index contributed by atoms with van der Waals surface area (Å²) in [5.41, 5.74) is 5.97. The molecule has 0 saturated carbocycles. The summed E-state index contributed by atoms with van der Waals surface area (Å²) in [4.78, 5) is 0. The van der Waals surface area contributed by atoms with Crippen molar-refractivity contribution in [3.8, 4) is 22.9 Å². The minimum atomic E-state index is -4.68. The van der Waals surface area contributed by atoms with Crippen molar-refractivity contribution in [3.05, 3.63) is 71.5 Å². The molecule has 0 aliphatic rings. The summed E-state index contributed by atoms with van der Waals surface area (Å²) >= 11 is 0. The van der Waals surface area contributed by atoms with Crippen LogP contribution in [0.1, 0.15) is 16.8 Å². The lowest BCUT2D eigenvalue weighted by Crippen LogP contribution is -2.14. The van der Waals surface area contributed by atoms with E-state index in [0.717, 1.165) is 16.3 Å². The summed E-state index contributed by atoms with van der Waals surface area (Å²) in [6, 6.07) is 14.6. The zero-order valence-corrected chi connectivity index (χ0v) is 13.0. The molecule has 0 aliphatic carbocycles. The largest absolute Gasteiger partial charge is 0.419 e. The highest BCUT2D eigenvalue weighted by atomic mass is 19.4. The molecule has 0 aliphatic heterocycles. The molecular formula is C18H13F3N4. The van der Waals surface area contributed by atoms with E-state index in [-0.39, 0.29) is 12.2 Å². The average molecular weight is 342 g/mol. The van der Waals surface area contributed by atoms with Crippen molar-refractivity contribution in [2.45, 2.75) is 12.7 Å². The molecule has 3 aromatic rings. The van der Waals surface area contributed by atoms with Crippen LogP contribution in [0.15, 0.2) is 54.7 Å². The molecule has 0 bridgehead atoms. The smallest absolute Gasteiger partial charge is 0.325 e. The van der Waals surface area contributed by atoms with Crippen LogP contribution >= 0.6 is 0 Å². The highest BCUT2D eigenvalue weighted by molar-refractivity contribution is 5.66. The molecule has 0 spiro atoms. The summed E-state index contributed by atoms with van der Waals surface area (Å²) in [5, 5.41) is 13.2. The summed E-state index contributed by atoms with van der Waals surface area (Å²) in [6.07, 6.45) is -3.17. The van der Waals surface area contributed by atoms with Crippen molar-refractivity contribution in [1.29, 1.82) is 5.26 Å². The Labute approximate surface area is 141 Å². The molecule has 0 unspecified atom stereocenters. The van der Waals surface area contributed by atoms with E-state index in [1.165, 1.54) is 18.3 Å².